The first kappa shape index (κ1) is 24.6. The van der Waals surface area contributed by atoms with Crippen molar-refractivity contribution in [1.29, 1.82) is 0 Å². The zero-order valence-corrected chi connectivity index (χ0v) is 22.2. The predicted octanol–water partition coefficient (Wildman–Crippen LogP) is 7.25. The van der Waals surface area contributed by atoms with Crippen molar-refractivity contribution in [3.8, 4) is 16.3 Å². The van der Waals surface area contributed by atoms with Gasteiger partial charge in [0.1, 0.15) is 12.4 Å². The third kappa shape index (κ3) is 6.19. The molecular formula is C28H22BrN5O2S. The Morgan fingerprint density at radius 1 is 0.973 bits per heavy atom. The number of carbonyl (C=O) groups is 1. The van der Waals surface area contributed by atoms with Crippen molar-refractivity contribution >= 4 is 49.7 Å². The molecule has 1 amide bonds. The third-order valence-electron chi connectivity index (χ3n) is 5.53. The molecule has 0 atom stereocenters. The number of carbonyl (C=O) groups excluding carboxylic acids is 1. The number of halogens is 1. The largest absolute Gasteiger partial charge is 0.488 e. The summed E-state index contributed by atoms with van der Waals surface area (Å²) in [5.41, 5.74) is 5.01. The summed E-state index contributed by atoms with van der Waals surface area (Å²) in [4.78, 5) is 16.7. The van der Waals surface area contributed by atoms with Gasteiger partial charge in [-0.1, -0.05) is 45.5 Å². The molecule has 0 unspecified atom stereocenters. The van der Waals surface area contributed by atoms with Crippen molar-refractivity contribution in [1.82, 2.24) is 15.2 Å². The molecule has 7 nitrogen and oxygen atoms in total. The van der Waals surface area contributed by atoms with E-state index in [1.54, 1.807) is 24.5 Å². The van der Waals surface area contributed by atoms with Crippen LogP contribution < -0.4 is 15.4 Å². The van der Waals surface area contributed by atoms with Gasteiger partial charge in [0.2, 0.25) is 5.13 Å². The van der Waals surface area contributed by atoms with Crippen LogP contribution in [0.5, 0.6) is 5.75 Å². The highest BCUT2D eigenvalue weighted by atomic mass is 79.9. The maximum Gasteiger partial charge on any atom is 0.255 e. The molecule has 0 saturated heterocycles. The quantitative estimate of drug-likeness (QED) is 0.204. The van der Waals surface area contributed by atoms with Gasteiger partial charge in [-0.05, 0) is 78.7 Å². The highest BCUT2D eigenvalue weighted by Crippen LogP contribution is 2.35. The molecule has 0 spiro atoms. The Balaban J connectivity index is 1.30. The number of pyridine rings is 1. The molecule has 0 bridgehead atoms. The van der Waals surface area contributed by atoms with Gasteiger partial charge in [0.05, 0.1) is 5.56 Å². The van der Waals surface area contributed by atoms with Gasteiger partial charge in [-0.25, -0.2) is 0 Å². The molecule has 3 aromatic carbocycles. The first-order chi connectivity index (χ1) is 18.0. The van der Waals surface area contributed by atoms with E-state index in [9.17, 15) is 4.79 Å². The Labute approximate surface area is 226 Å². The van der Waals surface area contributed by atoms with Crippen LogP contribution in [0.15, 0.2) is 95.7 Å². The molecular weight excluding hydrogens is 550 g/mol. The molecule has 2 N–H and O–H groups in total. The van der Waals surface area contributed by atoms with Crippen molar-refractivity contribution in [2.75, 3.05) is 10.6 Å². The van der Waals surface area contributed by atoms with Crippen molar-refractivity contribution in [3.05, 3.63) is 112 Å². The zero-order chi connectivity index (χ0) is 25.6. The van der Waals surface area contributed by atoms with Crippen LogP contribution in [0.2, 0.25) is 0 Å². The third-order valence-corrected chi connectivity index (χ3v) is 6.93. The first-order valence-electron chi connectivity index (χ1n) is 11.4. The van der Waals surface area contributed by atoms with E-state index in [1.165, 1.54) is 11.3 Å². The lowest BCUT2D eigenvalue weighted by Gasteiger charge is -2.11. The Morgan fingerprint density at radius 2 is 1.76 bits per heavy atom. The van der Waals surface area contributed by atoms with Crippen LogP contribution >= 0.6 is 27.3 Å². The van der Waals surface area contributed by atoms with Crippen molar-refractivity contribution in [2.24, 2.45) is 0 Å². The molecule has 2 heterocycles. The van der Waals surface area contributed by atoms with Crippen LogP contribution in [-0.4, -0.2) is 21.1 Å². The number of ether oxygens (including phenoxy) is 1. The highest BCUT2D eigenvalue weighted by molar-refractivity contribution is 9.10. The van der Waals surface area contributed by atoms with Crippen LogP contribution in [0.1, 0.15) is 21.5 Å². The van der Waals surface area contributed by atoms with Gasteiger partial charge in [-0.3, -0.25) is 9.78 Å². The lowest BCUT2D eigenvalue weighted by atomic mass is 10.1. The number of aryl methyl sites for hydroxylation is 1. The van der Waals surface area contributed by atoms with Gasteiger partial charge in [0.25, 0.3) is 5.91 Å². The second-order valence-electron chi connectivity index (χ2n) is 8.17. The van der Waals surface area contributed by atoms with Crippen LogP contribution in [0.4, 0.5) is 16.5 Å². The number of hydrogen-bond donors (Lipinski definition) is 2. The zero-order valence-electron chi connectivity index (χ0n) is 19.8. The lowest BCUT2D eigenvalue weighted by Crippen LogP contribution is -2.12. The Kier molecular flexibility index (Phi) is 7.53. The Morgan fingerprint density at radius 3 is 2.57 bits per heavy atom. The topological polar surface area (TPSA) is 89.0 Å². The second-order valence-corrected chi connectivity index (χ2v) is 10.1. The SMILES string of the molecule is Cc1ccc(NC(=O)c2ccc(Br)cc2)cc1Nc1nnc(-c2ccccc2OCc2ccncc2)s1. The minimum Gasteiger partial charge on any atom is -0.488 e. The normalized spacial score (nSPS) is 10.6. The van der Waals surface area contributed by atoms with Crippen LogP contribution in [0, 0.1) is 6.92 Å². The number of benzene rings is 3. The number of amides is 1. The molecule has 0 aliphatic rings. The maximum atomic E-state index is 12.6. The summed E-state index contributed by atoms with van der Waals surface area (Å²) in [6.45, 7) is 2.42. The lowest BCUT2D eigenvalue weighted by molar-refractivity contribution is 0.102. The van der Waals surface area contributed by atoms with Crippen molar-refractivity contribution in [3.63, 3.8) is 0 Å². The molecule has 0 saturated carbocycles. The number of nitrogens with zero attached hydrogens (tertiary/aromatic N) is 3. The van der Waals surface area contributed by atoms with Crippen LogP contribution in [0.25, 0.3) is 10.6 Å². The van der Waals surface area contributed by atoms with E-state index in [1.807, 2.05) is 73.7 Å². The summed E-state index contributed by atoms with van der Waals surface area (Å²) < 4.78 is 6.99. The monoisotopic (exact) mass is 571 g/mol. The highest BCUT2D eigenvalue weighted by Gasteiger charge is 2.14. The Hall–Kier alpha value is -4.08. The summed E-state index contributed by atoms with van der Waals surface area (Å²) in [6, 6.07) is 24.6. The van der Waals surface area contributed by atoms with Gasteiger partial charge >= 0.3 is 0 Å². The summed E-state index contributed by atoms with van der Waals surface area (Å²) in [5.74, 6) is 0.555. The van der Waals surface area contributed by atoms with Gasteiger partial charge in [0.15, 0.2) is 5.01 Å². The van der Waals surface area contributed by atoms with Crippen LogP contribution in [-0.2, 0) is 6.61 Å². The van der Waals surface area contributed by atoms with E-state index < -0.39 is 0 Å². The standard InChI is InChI=1S/C28H22BrN5O2S/c1-18-6-11-22(31-26(35)20-7-9-21(29)10-8-20)16-24(18)32-28-34-33-27(37-28)23-4-2-3-5-25(23)36-17-19-12-14-30-15-13-19/h2-16H,17H2,1H3,(H,31,35)(H,32,34). The molecule has 0 radical (unpaired) electrons. The van der Waals surface area contributed by atoms with E-state index >= 15 is 0 Å². The second kappa shape index (κ2) is 11.3. The Bertz CT molecular complexity index is 1520. The van der Waals surface area contributed by atoms with Crippen LogP contribution in [0.3, 0.4) is 0 Å². The molecule has 5 aromatic rings. The molecule has 0 fully saturated rings. The minimum absolute atomic E-state index is 0.177. The maximum absolute atomic E-state index is 12.6. The van der Waals surface area contributed by atoms with Crippen molar-refractivity contribution < 1.29 is 9.53 Å². The molecule has 0 aliphatic carbocycles. The molecule has 9 heteroatoms. The van der Waals surface area contributed by atoms with Gasteiger partial charge in [-0.2, -0.15) is 0 Å². The number of anilines is 3. The van der Waals surface area contributed by atoms with Gasteiger partial charge < -0.3 is 15.4 Å². The smallest absolute Gasteiger partial charge is 0.255 e. The van der Waals surface area contributed by atoms with E-state index in [4.69, 9.17) is 4.74 Å². The molecule has 37 heavy (non-hydrogen) atoms. The summed E-state index contributed by atoms with van der Waals surface area (Å²) in [6.07, 6.45) is 3.49. The molecule has 5 rings (SSSR count). The molecule has 0 aliphatic heterocycles. The molecule has 2 aromatic heterocycles. The average molecular weight is 572 g/mol. The van der Waals surface area contributed by atoms with Crippen molar-refractivity contribution in [2.45, 2.75) is 13.5 Å². The fourth-order valence-electron chi connectivity index (χ4n) is 3.55. The summed E-state index contributed by atoms with van der Waals surface area (Å²) in [5, 5.41) is 16.4. The predicted molar refractivity (Wildman–Crippen MR) is 150 cm³/mol. The molecule has 184 valence electrons. The fraction of sp³-hybridized carbons (Fsp3) is 0.0714. The van der Waals surface area contributed by atoms with E-state index in [-0.39, 0.29) is 5.91 Å². The number of nitrogens with one attached hydrogen (secondary N) is 2. The number of aromatic nitrogens is 3. The fourth-order valence-corrected chi connectivity index (χ4v) is 4.60. The summed E-state index contributed by atoms with van der Waals surface area (Å²) >= 11 is 4.82. The number of rotatable bonds is 8. The first-order valence-corrected chi connectivity index (χ1v) is 13.1. The number of para-hydroxylation sites is 1. The van der Waals surface area contributed by atoms with Gasteiger partial charge in [0, 0.05) is 33.8 Å². The minimum atomic E-state index is -0.177. The van der Waals surface area contributed by atoms with E-state index in [2.05, 4.69) is 41.7 Å². The van der Waals surface area contributed by atoms with E-state index in [0.29, 0.717) is 23.0 Å². The summed E-state index contributed by atoms with van der Waals surface area (Å²) in [7, 11) is 0. The average Bonchev–Trinajstić information content (AvgIpc) is 3.39. The number of hydrogen-bond acceptors (Lipinski definition) is 7. The van der Waals surface area contributed by atoms with E-state index in [0.717, 1.165) is 37.6 Å². The van der Waals surface area contributed by atoms with Gasteiger partial charge in [-0.15, -0.1) is 10.2 Å².